The molecule has 0 radical (unpaired) electrons. The summed E-state index contributed by atoms with van der Waals surface area (Å²) < 4.78 is 6.41. The molecule has 1 aliphatic heterocycles. The first kappa shape index (κ1) is 19.9. The highest BCUT2D eigenvalue weighted by Gasteiger charge is 2.26. The molecular weight excluding hydrogens is 360 g/mol. The lowest BCUT2D eigenvalue weighted by atomic mass is 9.97. The smallest absolute Gasteiger partial charge is 0.224 e. The van der Waals surface area contributed by atoms with Crippen molar-refractivity contribution < 1.29 is 9.53 Å². The number of ether oxygens (including phenoxy) is 1. The number of nitrogens with two attached hydrogens (primary N) is 1. The van der Waals surface area contributed by atoms with Gasteiger partial charge in [0, 0.05) is 19.6 Å². The molecule has 1 amide bonds. The molecule has 1 saturated heterocycles. The van der Waals surface area contributed by atoms with Gasteiger partial charge in [-0.2, -0.15) is 0 Å². The molecular formula is C17H25ClN4O2S. The number of hydrogen-bond acceptors (Lipinski definition) is 6. The Morgan fingerprint density at radius 1 is 1.52 bits per heavy atom. The van der Waals surface area contributed by atoms with Gasteiger partial charge < -0.3 is 15.8 Å². The maximum Gasteiger partial charge on any atom is 0.224 e. The average Bonchev–Trinajstić information content (AvgIpc) is 3.00. The molecule has 1 unspecified atom stereocenters. The van der Waals surface area contributed by atoms with E-state index >= 15 is 0 Å². The number of likely N-dealkylation sites (tertiary alicyclic amines) is 1. The Bertz CT molecular complexity index is 709. The van der Waals surface area contributed by atoms with Crippen LogP contribution in [0.5, 0.6) is 5.75 Å². The molecule has 2 heterocycles. The second kappa shape index (κ2) is 9.33. The molecule has 1 atom stereocenters. The summed E-state index contributed by atoms with van der Waals surface area (Å²) in [4.78, 5) is 19.2. The quantitative estimate of drug-likeness (QED) is 0.796. The number of thiazole rings is 1. The molecule has 138 valence electrons. The number of hydrogen-bond donors (Lipinski definition) is 2. The normalized spacial score (nSPS) is 17.9. The van der Waals surface area contributed by atoms with E-state index in [0.29, 0.717) is 13.1 Å². The van der Waals surface area contributed by atoms with Crippen molar-refractivity contribution in [2.75, 3.05) is 33.3 Å². The highest BCUT2D eigenvalue weighted by atomic mass is 35.5. The minimum absolute atomic E-state index is 0. The van der Waals surface area contributed by atoms with Gasteiger partial charge in [0.15, 0.2) is 0 Å². The van der Waals surface area contributed by atoms with E-state index in [0.717, 1.165) is 53.4 Å². The van der Waals surface area contributed by atoms with E-state index in [9.17, 15) is 4.79 Å². The number of nitrogens with zero attached hydrogens (tertiary/aromatic N) is 2. The number of rotatable bonds is 6. The molecule has 0 saturated carbocycles. The lowest BCUT2D eigenvalue weighted by molar-refractivity contribution is -0.126. The monoisotopic (exact) mass is 384 g/mol. The van der Waals surface area contributed by atoms with Gasteiger partial charge in [-0.3, -0.25) is 9.69 Å². The van der Waals surface area contributed by atoms with E-state index in [1.54, 1.807) is 18.4 Å². The summed E-state index contributed by atoms with van der Waals surface area (Å²) in [6.07, 6.45) is 1.99. The number of halogens is 1. The first-order valence-electron chi connectivity index (χ1n) is 8.33. The second-order valence-corrected chi connectivity index (χ2v) is 7.21. The predicted octanol–water partition coefficient (Wildman–Crippen LogP) is 2.01. The van der Waals surface area contributed by atoms with Crippen molar-refractivity contribution in [3.05, 3.63) is 23.2 Å². The maximum absolute atomic E-state index is 12.1. The van der Waals surface area contributed by atoms with Gasteiger partial charge in [-0.05, 0) is 37.6 Å². The van der Waals surface area contributed by atoms with Crippen molar-refractivity contribution in [3.63, 3.8) is 0 Å². The third kappa shape index (κ3) is 5.04. The van der Waals surface area contributed by atoms with Crippen LogP contribution in [-0.2, 0) is 11.3 Å². The number of aromatic nitrogens is 1. The largest absolute Gasteiger partial charge is 0.497 e. The standard InChI is InChI=1S/C17H24N4O2S.ClH/c1-23-13-4-5-14-15(9-13)24-16(20-14)11-21-8-2-3-12(10-21)17(22)19-7-6-18;/h4-5,9,12H,2-3,6-8,10-11,18H2,1H3,(H,19,22);1H. The molecule has 0 bridgehead atoms. The van der Waals surface area contributed by atoms with Crippen molar-refractivity contribution in [3.8, 4) is 5.75 Å². The number of methoxy groups -OCH3 is 1. The lowest BCUT2D eigenvalue weighted by Crippen LogP contribution is -2.43. The first-order chi connectivity index (χ1) is 11.7. The van der Waals surface area contributed by atoms with Crippen LogP contribution in [0.1, 0.15) is 17.8 Å². The van der Waals surface area contributed by atoms with Gasteiger partial charge in [-0.25, -0.2) is 4.98 Å². The number of piperidine rings is 1. The summed E-state index contributed by atoms with van der Waals surface area (Å²) in [6, 6.07) is 5.95. The molecule has 1 aromatic heterocycles. The van der Waals surface area contributed by atoms with Gasteiger partial charge in [0.1, 0.15) is 10.8 Å². The van der Waals surface area contributed by atoms with Crippen LogP contribution < -0.4 is 15.8 Å². The molecule has 8 heteroatoms. The topological polar surface area (TPSA) is 80.5 Å². The van der Waals surface area contributed by atoms with E-state index in [4.69, 9.17) is 15.5 Å². The Morgan fingerprint density at radius 2 is 2.36 bits per heavy atom. The second-order valence-electron chi connectivity index (χ2n) is 6.10. The predicted molar refractivity (Wildman–Crippen MR) is 103 cm³/mol. The molecule has 0 spiro atoms. The van der Waals surface area contributed by atoms with Gasteiger partial charge in [0.2, 0.25) is 5.91 Å². The third-order valence-electron chi connectivity index (χ3n) is 4.32. The maximum atomic E-state index is 12.1. The van der Waals surface area contributed by atoms with Gasteiger partial charge in [-0.15, -0.1) is 23.7 Å². The number of amides is 1. The van der Waals surface area contributed by atoms with Crippen LogP contribution in [0, 0.1) is 5.92 Å². The van der Waals surface area contributed by atoms with Crippen LogP contribution in [0.4, 0.5) is 0 Å². The van der Waals surface area contributed by atoms with Gasteiger partial charge in [0.05, 0.1) is 29.8 Å². The molecule has 25 heavy (non-hydrogen) atoms. The van der Waals surface area contributed by atoms with Crippen molar-refractivity contribution in [2.45, 2.75) is 19.4 Å². The van der Waals surface area contributed by atoms with Gasteiger partial charge in [0.25, 0.3) is 0 Å². The fourth-order valence-corrected chi connectivity index (χ4v) is 4.13. The molecule has 6 nitrogen and oxygen atoms in total. The highest BCUT2D eigenvalue weighted by Crippen LogP contribution is 2.28. The van der Waals surface area contributed by atoms with E-state index in [2.05, 4.69) is 10.2 Å². The minimum Gasteiger partial charge on any atom is -0.497 e. The van der Waals surface area contributed by atoms with Gasteiger partial charge in [-0.1, -0.05) is 0 Å². The zero-order chi connectivity index (χ0) is 16.9. The van der Waals surface area contributed by atoms with Crippen LogP contribution in [0.3, 0.4) is 0 Å². The van der Waals surface area contributed by atoms with Crippen LogP contribution in [0.15, 0.2) is 18.2 Å². The van der Waals surface area contributed by atoms with E-state index < -0.39 is 0 Å². The van der Waals surface area contributed by atoms with Crippen molar-refractivity contribution >= 4 is 39.9 Å². The summed E-state index contributed by atoms with van der Waals surface area (Å²) in [6.45, 7) is 3.63. The summed E-state index contributed by atoms with van der Waals surface area (Å²) in [7, 11) is 1.67. The van der Waals surface area contributed by atoms with E-state index in [1.165, 1.54) is 0 Å². The third-order valence-corrected chi connectivity index (χ3v) is 5.32. The Labute approximate surface area is 158 Å². The van der Waals surface area contributed by atoms with E-state index in [1.807, 2.05) is 18.2 Å². The van der Waals surface area contributed by atoms with E-state index in [-0.39, 0.29) is 24.2 Å². The molecule has 1 aromatic carbocycles. The number of carbonyl (C=O) groups is 1. The highest BCUT2D eigenvalue weighted by molar-refractivity contribution is 7.18. The molecule has 3 N–H and O–H groups in total. The number of benzene rings is 1. The Morgan fingerprint density at radius 3 is 3.12 bits per heavy atom. The molecule has 1 aliphatic rings. The van der Waals surface area contributed by atoms with Crippen LogP contribution >= 0.6 is 23.7 Å². The van der Waals surface area contributed by atoms with Gasteiger partial charge >= 0.3 is 0 Å². The zero-order valence-electron chi connectivity index (χ0n) is 14.4. The Balaban J connectivity index is 0.00000225. The number of carbonyl (C=O) groups excluding carboxylic acids is 1. The molecule has 0 aliphatic carbocycles. The fraction of sp³-hybridized carbons (Fsp3) is 0.529. The molecule has 1 fully saturated rings. The summed E-state index contributed by atoms with van der Waals surface area (Å²) in [5.41, 5.74) is 6.46. The average molecular weight is 385 g/mol. The van der Waals surface area contributed by atoms with Crippen molar-refractivity contribution in [2.24, 2.45) is 11.7 Å². The molecule has 3 rings (SSSR count). The molecule has 2 aromatic rings. The first-order valence-corrected chi connectivity index (χ1v) is 9.15. The lowest BCUT2D eigenvalue weighted by Gasteiger charge is -2.31. The minimum atomic E-state index is 0. The summed E-state index contributed by atoms with van der Waals surface area (Å²) >= 11 is 1.69. The Kier molecular flexibility index (Phi) is 7.43. The zero-order valence-corrected chi connectivity index (χ0v) is 16.0. The SMILES string of the molecule is COc1ccc2nc(CN3CCCC(C(=O)NCCN)C3)sc2c1.Cl. The Hall–Kier alpha value is -1.41. The summed E-state index contributed by atoms with van der Waals surface area (Å²) in [5, 5.41) is 3.99. The van der Waals surface area contributed by atoms with Crippen LogP contribution in [0.25, 0.3) is 10.2 Å². The fourth-order valence-electron chi connectivity index (χ4n) is 3.09. The van der Waals surface area contributed by atoms with Crippen molar-refractivity contribution in [1.29, 1.82) is 0 Å². The van der Waals surface area contributed by atoms with Crippen LogP contribution in [0.2, 0.25) is 0 Å². The number of nitrogens with one attached hydrogen (secondary N) is 1. The van der Waals surface area contributed by atoms with Crippen LogP contribution in [-0.4, -0.2) is 49.1 Å². The number of fused-ring (bicyclic) bond motifs is 1. The van der Waals surface area contributed by atoms with Crippen molar-refractivity contribution in [1.82, 2.24) is 15.2 Å². The summed E-state index contributed by atoms with van der Waals surface area (Å²) in [5.74, 6) is 1.03.